The molecule has 0 aromatic rings. The molecule has 0 aromatic heterocycles. The summed E-state index contributed by atoms with van der Waals surface area (Å²) in [5, 5.41) is 0. The number of carbonyl (C=O) groups excluding carboxylic acids is 1. The third-order valence-corrected chi connectivity index (χ3v) is 3.59. The molecule has 1 saturated carbocycles. The van der Waals surface area contributed by atoms with Crippen molar-refractivity contribution in [2.75, 3.05) is 20.3 Å². The van der Waals surface area contributed by atoms with Gasteiger partial charge in [-0.15, -0.1) is 0 Å². The van der Waals surface area contributed by atoms with E-state index >= 15 is 0 Å². The highest BCUT2D eigenvalue weighted by molar-refractivity contribution is 5.79. The molecule has 1 heterocycles. The first-order valence-electron chi connectivity index (χ1n) is 5.95. The van der Waals surface area contributed by atoms with Gasteiger partial charge >= 0.3 is 0 Å². The molecule has 1 saturated heterocycles. The zero-order valence-electron chi connectivity index (χ0n) is 9.45. The Balaban J connectivity index is 1.87. The highest BCUT2D eigenvalue weighted by Gasteiger charge is 2.29. The Morgan fingerprint density at radius 1 is 1.33 bits per heavy atom. The highest BCUT2D eigenvalue weighted by atomic mass is 16.5. The maximum Gasteiger partial charge on any atom is 0.225 e. The number of carbonyl (C=O) groups is 1. The summed E-state index contributed by atoms with van der Waals surface area (Å²) in [6.45, 7) is 1.53. The highest BCUT2D eigenvalue weighted by Crippen LogP contribution is 2.25. The molecular formula is C12H20NO2. The first kappa shape index (κ1) is 10.9. The van der Waals surface area contributed by atoms with Crippen LogP contribution in [0.3, 0.4) is 0 Å². The van der Waals surface area contributed by atoms with E-state index in [-0.39, 0.29) is 5.92 Å². The number of hydrogen-bond acceptors (Lipinski definition) is 2. The lowest BCUT2D eigenvalue weighted by Gasteiger charge is -2.29. The second-order valence-electron chi connectivity index (χ2n) is 4.61. The predicted octanol–water partition coefficient (Wildman–Crippen LogP) is 1.63. The van der Waals surface area contributed by atoms with Crippen molar-refractivity contribution >= 4 is 5.91 Å². The summed E-state index contributed by atoms with van der Waals surface area (Å²) >= 11 is 0. The summed E-state index contributed by atoms with van der Waals surface area (Å²) in [4.78, 5) is 14.1. The minimum absolute atomic E-state index is 0.264. The number of ether oxygens (including phenoxy) is 1. The standard InChI is InChI=1S/C12H20NO2/c1-13(11-7-8-15-9-11)12(14)10-5-3-2-4-6-10/h2,10-11H,3-9H2,1H3. The van der Waals surface area contributed by atoms with Crippen molar-refractivity contribution in [3.63, 3.8) is 0 Å². The zero-order valence-corrected chi connectivity index (χ0v) is 9.45. The van der Waals surface area contributed by atoms with Crippen LogP contribution in [-0.2, 0) is 9.53 Å². The minimum atomic E-state index is 0.264. The van der Waals surface area contributed by atoms with Crippen LogP contribution in [0.4, 0.5) is 0 Å². The molecule has 2 aliphatic rings. The van der Waals surface area contributed by atoms with Gasteiger partial charge in [0.15, 0.2) is 0 Å². The third-order valence-electron chi connectivity index (χ3n) is 3.59. The average molecular weight is 210 g/mol. The molecule has 85 valence electrons. The summed E-state index contributed by atoms with van der Waals surface area (Å²) in [5.74, 6) is 0.596. The van der Waals surface area contributed by atoms with Crippen molar-refractivity contribution in [1.82, 2.24) is 4.90 Å². The lowest BCUT2D eigenvalue weighted by Crippen LogP contribution is -2.41. The van der Waals surface area contributed by atoms with Crippen molar-refractivity contribution in [2.24, 2.45) is 5.92 Å². The molecule has 1 aliphatic heterocycles. The normalized spacial score (nSPS) is 27.9. The second-order valence-corrected chi connectivity index (χ2v) is 4.61. The lowest BCUT2D eigenvalue weighted by atomic mass is 9.88. The molecule has 3 heteroatoms. The van der Waals surface area contributed by atoms with Gasteiger partial charge in [-0.2, -0.15) is 0 Å². The molecule has 1 aliphatic carbocycles. The van der Waals surface area contributed by atoms with Crippen LogP contribution < -0.4 is 0 Å². The van der Waals surface area contributed by atoms with E-state index in [0.29, 0.717) is 11.9 Å². The van der Waals surface area contributed by atoms with E-state index in [1.807, 2.05) is 11.9 Å². The van der Waals surface area contributed by atoms with E-state index in [9.17, 15) is 4.79 Å². The van der Waals surface area contributed by atoms with Gasteiger partial charge in [-0.25, -0.2) is 0 Å². The first-order chi connectivity index (χ1) is 7.29. The summed E-state index contributed by atoms with van der Waals surface area (Å²) in [6, 6.07) is 0.323. The monoisotopic (exact) mass is 210 g/mol. The minimum Gasteiger partial charge on any atom is -0.379 e. The van der Waals surface area contributed by atoms with Gasteiger partial charge in [0.05, 0.1) is 12.6 Å². The van der Waals surface area contributed by atoms with Gasteiger partial charge in [-0.05, 0) is 38.5 Å². The first-order valence-corrected chi connectivity index (χ1v) is 5.95. The van der Waals surface area contributed by atoms with E-state index in [1.54, 1.807) is 0 Å². The van der Waals surface area contributed by atoms with Crippen molar-refractivity contribution in [1.29, 1.82) is 0 Å². The summed E-state index contributed by atoms with van der Waals surface area (Å²) in [5.41, 5.74) is 0. The van der Waals surface area contributed by atoms with Gasteiger partial charge < -0.3 is 9.64 Å². The molecule has 0 aromatic carbocycles. The van der Waals surface area contributed by atoms with Crippen LogP contribution in [0.25, 0.3) is 0 Å². The van der Waals surface area contributed by atoms with E-state index < -0.39 is 0 Å². The molecule has 15 heavy (non-hydrogen) atoms. The number of nitrogens with zero attached hydrogens (tertiary/aromatic N) is 1. The molecule has 1 atom stereocenters. The Morgan fingerprint density at radius 2 is 2.07 bits per heavy atom. The molecule has 3 nitrogen and oxygen atoms in total. The summed E-state index contributed by atoms with van der Waals surface area (Å²) in [6.07, 6.45) is 7.58. The largest absolute Gasteiger partial charge is 0.379 e. The molecule has 1 radical (unpaired) electrons. The van der Waals surface area contributed by atoms with Crippen LogP contribution in [-0.4, -0.2) is 37.1 Å². The topological polar surface area (TPSA) is 29.5 Å². The Bertz CT molecular complexity index is 218. The molecule has 2 rings (SSSR count). The average Bonchev–Trinajstić information content (AvgIpc) is 2.82. The second kappa shape index (κ2) is 4.97. The van der Waals surface area contributed by atoms with Crippen molar-refractivity contribution in [3.8, 4) is 0 Å². The van der Waals surface area contributed by atoms with Gasteiger partial charge in [0.1, 0.15) is 0 Å². The number of hydrogen-bond donors (Lipinski definition) is 0. The SMILES string of the molecule is CN(C(=O)C1CC[CH]CC1)C1CCOC1. The molecule has 0 bridgehead atoms. The van der Waals surface area contributed by atoms with E-state index in [0.717, 1.165) is 45.3 Å². The molecule has 1 amide bonds. The maximum absolute atomic E-state index is 12.1. The van der Waals surface area contributed by atoms with Crippen LogP contribution in [0.15, 0.2) is 0 Å². The molecule has 1 unspecified atom stereocenters. The number of likely N-dealkylation sites (N-methyl/N-ethyl adjacent to an activating group) is 1. The van der Waals surface area contributed by atoms with Crippen LogP contribution in [0.1, 0.15) is 32.1 Å². The van der Waals surface area contributed by atoms with E-state index in [4.69, 9.17) is 4.74 Å². The third kappa shape index (κ3) is 2.51. The molecule has 0 spiro atoms. The van der Waals surface area contributed by atoms with Gasteiger partial charge in [-0.1, -0.05) is 0 Å². The molecular weight excluding hydrogens is 190 g/mol. The maximum atomic E-state index is 12.1. The van der Waals surface area contributed by atoms with Crippen molar-refractivity contribution in [2.45, 2.75) is 38.1 Å². The Morgan fingerprint density at radius 3 is 2.67 bits per heavy atom. The van der Waals surface area contributed by atoms with Crippen molar-refractivity contribution < 1.29 is 9.53 Å². The Labute approximate surface area is 91.8 Å². The van der Waals surface area contributed by atoms with E-state index in [1.165, 1.54) is 0 Å². The molecule has 0 N–H and O–H groups in total. The number of amides is 1. The number of rotatable bonds is 2. The van der Waals surface area contributed by atoms with Gasteiger partial charge in [0, 0.05) is 19.6 Å². The fourth-order valence-electron chi connectivity index (χ4n) is 2.47. The van der Waals surface area contributed by atoms with E-state index in [2.05, 4.69) is 6.42 Å². The van der Waals surface area contributed by atoms with Crippen LogP contribution in [0, 0.1) is 12.3 Å². The Hall–Kier alpha value is -0.570. The fourth-order valence-corrected chi connectivity index (χ4v) is 2.47. The van der Waals surface area contributed by atoms with Crippen LogP contribution in [0.5, 0.6) is 0 Å². The van der Waals surface area contributed by atoms with Gasteiger partial charge in [0.2, 0.25) is 5.91 Å². The summed E-state index contributed by atoms with van der Waals surface area (Å²) in [7, 11) is 1.93. The van der Waals surface area contributed by atoms with Crippen LogP contribution in [0.2, 0.25) is 0 Å². The summed E-state index contributed by atoms with van der Waals surface area (Å²) < 4.78 is 5.32. The fraction of sp³-hybridized carbons (Fsp3) is 0.833. The van der Waals surface area contributed by atoms with Gasteiger partial charge in [-0.3, -0.25) is 4.79 Å². The molecule has 2 fully saturated rings. The predicted molar refractivity (Wildman–Crippen MR) is 58.3 cm³/mol. The smallest absolute Gasteiger partial charge is 0.225 e. The van der Waals surface area contributed by atoms with Gasteiger partial charge in [0.25, 0.3) is 0 Å². The van der Waals surface area contributed by atoms with Crippen molar-refractivity contribution in [3.05, 3.63) is 6.42 Å². The zero-order chi connectivity index (χ0) is 10.7. The Kier molecular flexibility index (Phi) is 3.62. The lowest BCUT2D eigenvalue weighted by molar-refractivity contribution is -0.137. The quantitative estimate of drug-likeness (QED) is 0.693. The van der Waals surface area contributed by atoms with Crippen LogP contribution >= 0.6 is 0 Å².